The SMILES string of the molecule is COc1cccc(CNC(=O)c2c(C)noc2-c2ccc(C(C)(C)C)cc2)c1. The van der Waals surface area contributed by atoms with Crippen LogP contribution in [0.5, 0.6) is 5.75 Å². The smallest absolute Gasteiger partial charge is 0.257 e. The van der Waals surface area contributed by atoms with Gasteiger partial charge in [-0.05, 0) is 35.6 Å². The Balaban J connectivity index is 1.81. The van der Waals surface area contributed by atoms with E-state index in [2.05, 4.69) is 43.4 Å². The van der Waals surface area contributed by atoms with E-state index in [0.29, 0.717) is 23.6 Å². The number of methoxy groups -OCH3 is 1. The number of nitrogens with zero attached hydrogens (tertiary/aromatic N) is 1. The van der Waals surface area contributed by atoms with Crippen molar-refractivity contribution >= 4 is 5.91 Å². The van der Waals surface area contributed by atoms with Crippen LogP contribution in [0.3, 0.4) is 0 Å². The summed E-state index contributed by atoms with van der Waals surface area (Å²) in [7, 11) is 1.62. The van der Waals surface area contributed by atoms with Gasteiger partial charge in [0.15, 0.2) is 5.76 Å². The number of rotatable bonds is 5. The largest absolute Gasteiger partial charge is 0.497 e. The van der Waals surface area contributed by atoms with Gasteiger partial charge in [0, 0.05) is 12.1 Å². The fourth-order valence-corrected chi connectivity index (χ4v) is 3.01. The van der Waals surface area contributed by atoms with E-state index in [9.17, 15) is 4.79 Å². The maximum absolute atomic E-state index is 12.8. The lowest BCUT2D eigenvalue weighted by molar-refractivity contribution is 0.0950. The first-order chi connectivity index (χ1) is 13.3. The van der Waals surface area contributed by atoms with Crippen LogP contribution in [-0.4, -0.2) is 18.2 Å². The number of amides is 1. The Morgan fingerprint density at radius 3 is 2.50 bits per heavy atom. The predicted octanol–water partition coefficient (Wildman–Crippen LogP) is 4.89. The molecule has 1 N–H and O–H groups in total. The molecule has 5 heteroatoms. The number of hydrogen-bond donors (Lipinski definition) is 1. The van der Waals surface area contributed by atoms with Crippen LogP contribution in [0.25, 0.3) is 11.3 Å². The Hall–Kier alpha value is -3.08. The molecule has 0 atom stereocenters. The molecule has 0 fully saturated rings. The second-order valence-corrected chi connectivity index (χ2v) is 7.83. The van der Waals surface area contributed by atoms with Gasteiger partial charge in [0.1, 0.15) is 11.3 Å². The molecule has 0 radical (unpaired) electrons. The van der Waals surface area contributed by atoms with Gasteiger partial charge in [-0.15, -0.1) is 0 Å². The highest BCUT2D eigenvalue weighted by molar-refractivity contribution is 6.00. The van der Waals surface area contributed by atoms with Crippen molar-refractivity contribution in [2.45, 2.75) is 39.7 Å². The first-order valence-corrected chi connectivity index (χ1v) is 9.28. The van der Waals surface area contributed by atoms with Crippen LogP contribution in [0, 0.1) is 6.92 Å². The zero-order valence-corrected chi connectivity index (χ0v) is 17.0. The normalized spacial score (nSPS) is 11.3. The van der Waals surface area contributed by atoms with Gasteiger partial charge < -0.3 is 14.6 Å². The van der Waals surface area contributed by atoms with Crippen molar-refractivity contribution in [2.24, 2.45) is 0 Å². The number of carbonyl (C=O) groups excluding carboxylic acids is 1. The van der Waals surface area contributed by atoms with Crippen molar-refractivity contribution in [1.82, 2.24) is 10.5 Å². The minimum Gasteiger partial charge on any atom is -0.497 e. The molecule has 1 aromatic heterocycles. The minimum atomic E-state index is -0.212. The number of ether oxygens (including phenoxy) is 1. The topological polar surface area (TPSA) is 64.4 Å². The third kappa shape index (κ3) is 4.25. The van der Waals surface area contributed by atoms with Gasteiger partial charge in [-0.2, -0.15) is 0 Å². The summed E-state index contributed by atoms with van der Waals surface area (Å²) in [6.45, 7) is 8.66. The second-order valence-electron chi connectivity index (χ2n) is 7.83. The summed E-state index contributed by atoms with van der Waals surface area (Å²) < 4.78 is 10.7. The molecule has 0 aliphatic heterocycles. The summed E-state index contributed by atoms with van der Waals surface area (Å²) in [5, 5.41) is 6.96. The molecule has 3 rings (SSSR count). The molecule has 3 aromatic rings. The number of aryl methyl sites for hydroxylation is 1. The molecule has 1 heterocycles. The van der Waals surface area contributed by atoms with Crippen LogP contribution in [0.15, 0.2) is 53.1 Å². The van der Waals surface area contributed by atoms with Gasteiger partial charge in [0.25, 0.3) is 5.91 Å². The van der Waals surface area contributed by atoms with Gasteiger partial charge in [-0.3, -0.25) is 4.79 Å². The highest BCUT2D eigenvalue weighted by Gasteiger charge is 2.22. The lowest BCUT2D eigenvalue weighted by Gasteiger charge is -2.18. The van der Waals surface area contributed by atoms with Crippen molar-refractivity contribution in [3.8, 4) is 17.1 Å². The summed E-state index contributed by atoms with van der Waals surface area (Å²) >= 11 is 0. The van der Waals surface area contributed by atoms with Crippen LogP contribution < -0.4 is 10.1 Å². The highest BCUT2D eigenvalue weighted by Crippen LogP contribution is 2.29. The molecular weight excluding hydrogens is 352 g/mol. The zero-order chi connectivity index (χ0) is 20.3. The summed E-state index contributed by atoms with van der Waals surface area (Å²) in [6.07, 6.45) is 0. The second kappa shape index (κ2) is 7.89. The quantitative estimate of drug-likeness (QED) is 0.687. The number of nitrogens with one attached hydrogen (secondary N) is 1. The van der Waals surface area contributed by atoms with Crippen molar-refractivity contribution in [3.63, 3.8) is 0 Å². The fraction of sp³-hybridized carbons (Fsp3) is 0.304. The maximum atomic E-state index is 12.8. The maximum Gasteiger partial charge on any atom is 0.257 e. The Kier molecular flexibility index (Phi) is 5.54. The van der Waals surface area contributed by atoms with E-state index in [1.807, 2.05) is 36.4 Å². The number of carbonyl (C=O) groups is 1. The molecule has 0 saturated heterocycles. The zero-order valence-electron chi connectivity index (χ0n) is 17.0. The number of aromatic nitrogens is 1. The Morgan fingerprint density at radius 2 is 1.86 bits per heavy atom. The molecule has 0 aliphatic carbocycles. The Labute approximate surface area is 165 Å². The molecule has 146 valence electrons. The summed E-state index contributed by atoms with van der Waals surface area (Å²) in [4.78, 5) is 12.8. The minimum absolute atomic E-state index is 0.0623. The molecule has 28 heavy (non-hydrogen) atoms. The van der Waals surface area contributed by atoms with Crippen LogP contribution in [-0.2, 0) is 12.0 Å². The third-order valence-corrected chi connectivity index (χ3v) is 4.69. The monoisotopic (exact) mass is 378 g/mol. The van der Waals surface area contributed by atoms with Crippen LogP contribution in [0.1, 0.15) is 48.0 Å². The van der Waals surface area contributed by atoms with Gasteiger partial charge in [-0.1, -0.05) is 62.3 Å². The lowest BCUT2D eigenvalue weighted by atomic mass is 9.86. The summed E-state index contributed by atoms with van der Waals surface area (Å²) in [6, 6.07) is 15.7. The molecule has 0 bridgehead atoms. The van der Waals surface area contributed by atoms with Crippen molar-refractivity contribution in [1.29, 1.82) is 0 Å². The van der Waals surface area contributed by atoms with E-state index in [-0.39, 0.29) is 11.3 Å². The Bertz CT molecular complexity index is 966. The lowest BCUT2D eigenvalue weighted by Crippen LogP contribution is -2.23. The van der Waals surface area contributed by atoms with Crippen molar-refractivity contribution in [2.75, 3.05) is 7.11 Å². The van der Waals surface area contributed by atoms with E-state index in [4.69, 9.17) is 9.26 Å². The van der Waals surface area contributed by atoms with Crippen LogP contribution >= 0.6 is 0 Å². The molecule has 1 amide bonds. The predicted molar refractivity (Wildman–Crippen MR) is 110 cm³/mol. The molecule has 5 nitrogen and oxygen atoms in total. The van der Waals surface area contributed by atoms with E-state index >= 15 is 0 Å². The van der Waals surface area contributed by atoms with Crippen LogP contribution in [0.4, 0.5) is 0 Å². The summed E-state index contributed by atoms with van der Waals surface area (Å²) in [5.41, 5.74) is 4.10. The number of hydrogen-bond acceptors (Lipinski definition) is 4. The average molecular weight is 378 g/mol. The van der Waals surface area contributed by atoms with Gasteiger partial charge in [0.05, 0.1) is 12.8 Å². The van der Waals surface area contributed by atoms with Gasteiger partial charge in [0.2, 0.25) is 0 Å². The molecule has 0 unspecified atom stereocenters. The Morgan fingerprint density at radius 1 is 1.14 bits per heavy atom. The molecule has 0 spiro atoms. The van der Waals surface area contributed by atoms with Crippen LogP contribution in [0.2, 0.25) is 0 Å². The van der Waals surface area contributed by atoms with Crippen molar-refractivity contribution in [3.05, 3.63) is 70.9 Å². The van der Waals surface area contributed by atoms with Crippen molar-refractivity contribution < 1.29 is 14.1 Å². The molecule has 0 aliphatic rings. The van der Waals surface area contributed by atoms with E-state index in [0.717, 1.165) is 16.9 Å². The highest BCUT2D eigenvalue weighted by atomic mass is 16.5. The van der Waals surface area contributed by atoms with E-state index in [1.54, 1.807) is 14.0 Å². The summed E-state index contributed by atoms with van der Waals surface area (Å²) in [5.74, 6) is 1.03. The molecule has 0 saturated carbocycles. The first kappa shape index (κ1) is 19.7. The molecular formula is C23H26N2O3. The average Bonchev–Trinajstić information content (AvgIpc) is 3.07. The number of benzene rings is 2. The first-order valence-electron chi connectivity index (χ1n) is 9.28. The van der Waals surface area contributed by atoms with E-state index < -0.39 is 0 Å². The molecule has 2 aromatic carbocycles. The van der Waals surface area contributed by atoms with E-state index in [1.165, 1.54) is 5.56 Å². The third-order valence-electron chi connectivity index (χ3n) is 4.69. The fourth-order valence-electron chi connectivity index (χ4n) is 3.01. The van der Waals surface area contributed by atoms with Gasteiger partial charge in [-0.25, -0.2) is 0 Å². The van der Waals surface area contributed by atoms with Gasteiger partial charge >= 0.3 is 0 Å². The standard InChI is InChI=1S/C23H26N2O3/c1-15-20(22(26)24-14-16-7-6-8-19(13-16)27-5)21(28-25-15)17-9-11-18(12-10-17)23(2,3)4/h6-13H,14H2,1-5H3,(H,24,26).